The summed E-state index contributed by atoms with van der Waals surface area (Å²) in [6, 6.07) is 10.5. The second kappa shape index (κ2) is 15.3. The summed E-state index contributed by atoms with van der Waals surface area (Å²) >= 11 is 0. The van der Waals surface area contributed by atoms with Crippen LogP contribution in [0, 0.1) is 6.92 Å². The summed E-state index contributed by atoms with van der Waals surface area (Å²) in [6.45, 7) is 4.39. The summed E-state index contributed by atoms with van der Waals surface area (Å²) in [5, 5.41) is 0. The lowest BCUT2D eigenvalue weighted by Gasteiger charge is -2.03. The van der Waals surface area contributed by atoms with Gasteiger partial charge in [0, 0.05) is 11.9 Å². The molecule has 1 aromatic carbocycles. The molecular formula is C27H44N2. The van der Waals surface area contributed by atoms with Gasteiger partial charge in [-0.3, -0.25) is 0 Å². The van der Waals surface area contributed by atoms with Crippen molar-refractivity contribution in [1.82, 2.24) is 9.55 Å². The Bertz CT molecular complexity index is 629. The van der Waals surface area contributed by atoms with E-state index in [9.17, 15) is 0 Å². The monoisotopic (exact) mass is 396 g/mol. The van der Waals surface area contributed by atoms with E-state index in [-0.39, 0.29) is 0 Å². The number of rotatable bonds is 17. The van der Waals surface area contributed by atoms with Crippen molar-refractivity contribution in [2.75, 3.05) is 0 Å². The standard InChI is InChI=1S/C27H44N2/c1-3-4-5-6-7-8-9-10-11-12-13-14-15-16-18-21-26-24-29(25(2)28-26)27-22-19-17-20-23-27/h17,19-20,22-24H,3-16,18,21H2,1-2H3. The van der Waals surface area contributed by atoms with Crippen LogP contribution >= 0.6 is 0 Å². The van der Waals surface area contributed by atoms with E-state index < -0.39 is 0 Å². The summed E-state index contributed by atoms with van der Waals surface area (Å²) in [5.74, 6) is 1.09. The van der Waals surface area contributed by atoms with Crippen molar-refractivity contribution in [3.8, 4) is 5.69 Å². The average Bonchev–Trinajstić information content (AvgIpc) is 3.12. The van der Waals surface area contributed by atoms with E-state index in [1.54, 1.807) is 0 Å². The van der Waals surface area contributed by atoms with Crippen molar-refractivity contribution in [3.63, 3.8) is 0 Å². The molecule has 29 heavy (non-hydrogen) atoms. The molecule has 0 N–H and O–H groups in total. The number of aryl methyl sites for hydroxylation is 2. The fraction of sp³-hybridized carbons (Fsp3) is 0.667. The molecule has 1 aromatic heterocycles. The minimum Gasteiger partial charge on any atom is -0.304 e. The maximum Gasteiger partial charge on any atom is 0.110 e. The molecule has 2 heteroatoms. The van der Waals surface area contributed by atoms with Gasteiger partial charge in [0.2, 0.25) is 0 Å². The molecule has 0 aliphatic rings. The number of nitrogens with zero attached hydrogens (tertiary/aromatic N) is 2. The molecule has 0 aliphatic heterocycles. The van der Waals surface area contributed by atoms with Crippen LogP contribution in [-0.4, -0.2) is 9.55 Å². The first-order valence-corrected chi connectivity index (χ1v) is 12.4. The predicted molar refractivity (Wildman–Crippen MR) is 127 cm³/mol. The van der Waals surface area contributed by atoms with Gasteiger partial charge in [-0.25, -0.2) is 4.98 Å². The van der Waals surface area contributed by atoms with Crippen LogP contribution in [0.1, 0.15) is 115 Å². The Balaban J connectivity index is 1.42. The van der Waals surface area contributed by atoms with Crippen LogP contribution < -0.4 is 0 Å². The minimum atomic E-state index is 1.09. The smallest absolute Gasteiger partial charge is 0.110 e. The van der Waals surface area contributed by atoms with Crippen LogP contribution in [0.5, 0.6) is 0 Å². The molecule has 2 rings (SSSR count). The lowest BCUT2D eigenvalue weighted by molar-refractivity contribution is 0.532. The second-order valence-corrected chi connectivity index (χ2v) is 8.68. The van der Waals surface area contributed by atoms with E-state index in [1.807, 2.05) is 0 Å². The van der Waals surface area contributed by atoms with E-state index in [0.29, 0.717) is 0 Å². The highest BCUT2D eigenvalue weighted by Gasteiger charge is 2.05. The van der Waals surface area contributed by atoms with Crippen molar-refractivity contribution in [3.05, 3.63) is 48.0 Å². The van der Waals surface area contributed by atoms with Gasteiger partial charge in [-0.1, -0.05) is 115 Å². The Morgan fingerprint density at radius 1 is 0.655 bits per heavy atom. The molecule has 0 saturated heterocycles. The molecule has 0 fully saturated rings. The SMILES string of the molecule is CCCCCCCCCCCCCCCCCc1cn(-c2ccccc2)c(C)n1. The fourth-order valence-corrected chi connectivity index (χ4v) is 4.18. The van der Waals surface area contributed by atoms with Crippen molar-refractivity contribution in [1.29, 1.82) is 0 Å². The zero-order valence-electron chi connectivity index (χ0n) is 19.2. The zero-order chi connectivity index (χ0) is 20.6. The molecule has 0 unspecified atom stereocenters. The van der Waals surface area contributed by atoms with E-state index in [0.717, 1.165) is 12.2 Å². The normalized spacial score (nSPS) is 11.2. The van der Waals surface area contributed by atoms with Crippen LogP contribution in [0.25, 0.3) is 5.69 Å². The van der Waals surface area contributed by atoms with Crippen LogP contribution in [0.3, 0.4) is 0 Å². The van der Waals surface area contributed by atoms with Crippen LogP contribution in [-0.2, 0) is 6.42 Å². The molecule has 1 heterocycles. The number of benzene rings is 1. The van der Waals surface area contributed by atoms with Gasteiger partial charge in [-0.2, -0.15) is 0 Å². The Hall–Kier alpha value is -1.57. The van der Waals surface area contributed by atoms with Gasteiger partial charge in [0.15, 0.2) is 0 Å². The molecule has 0 amide bonds. The summed E-state index contributed by atoms with van der Waals surface area (Å²) in [6.07, 6.45) is 24.6. The van der Waals surface area contributed by atoms with Crippen LogP contribution in [0.15, 0.2) is 36.5 Å². The first-order chi connectivity index (χ1) is 14.3. The Morgan fingerprint density at radius 2 is 1.14 bits per heavy atom. The van der Waals surface area contributed by atoms with Gasteiger partial charge in [-0.05, 0) is 31.9 Å². The quantitative estimate of drug-likeness (QED) is 0.245. The number of aromatic nitrogens is 2. The lowest BCUT2D eigenvalue weighted by atomic mass is 10.0. The third-order valence-electron chi connectivity index (χ3n) is 6.00. The first-order valence-electron chi connectivity index (χ1n) is 12.4. The highest BCUT2D eigenvalue weighted by atomic mass is 15.1. The number of unbranched alkanes of at least 4 members (excludes halogenated alkanes) is 14. The molecule has 2 nitrogen and oxygen atoms in total. The second-order valence-electron chi connectivity index (χ2n) is 8.68. The van der Waals surface area contributed by atoms with E-state index >= 15 is 0 Å². The largest absolute Gasteiger partial charge is 0.304 e. The zero-order valence-corrected chi connectivity index (χ0v) is 19.2. The summed E-state index contributed by atoms with van der Waals surface area (Å²) in [5.41, 5.74) is 2.45. The minimum absolute atomic E-state index is 1.09. The molecule has 0 aliphatic carbocycles. The van der Waals surface area contributed by atoms with Gasteiger partial charge in [-0.15, -0.1) is 0 Å². The Morgan fingerprint density at radius 3 is 1.66 bits per heavy atom. The van der Waals surface area contributed by atoms with Gasteiger partial charge < -0.3 is 4.57 Å². The number of para-hydroxylation sites is 1. The Kier molecular flexibility index (Phi) is 12.5. The molecule has 162 valence electrons. The summed E-state index contributed by atoms with van der Waals surface area (Å²) in [4.78, 5) is 4.75. The fourth-order valence-electron chi connectivity index (χ4n) is 4.18. The maximum absolute atomic E-state index is 4.75. The average molecular weight is 397 g/mol. The van der Waals surface area contributed by atoms with E-state index in [2.05, 4.69) is 54.9 Å². The molecular weight excluding hydrogens is 352 g/mol. The van der Waals surface area contributed by atoms with Gasteiger partial charge in [0.25, 0.3) is 0 Å². The van der Waals surface area contributed by atoms with Crippen molar-refractivity contribution >= 4 is 0 Å². The molecule has 0 spiro atoms. The van der Waals surface area contributed by atoms with E-state index in [4.69, 9.17) is 4.98 Å². The van der Waals surface area contributed by atoms with Gasteiger partial charge >= 0.3 is 0 Å². The third kappa shape index (κ3) is 10.1. The molecule has 2 aromatic rings. The summed E-state index contributed by atoms with van der Waals surface area (Å²) in [7, 11) is 0. The highest BCUT2D eigenvalue weighted by Crippen LogP contribution is 2.16. The number of hydrogen-bond acceptors (Lipinski definition) is 1. The third-order valence-corrected chi connectivity index (χ3v) is 6.00. The Labute approximate surface area is 180 Å². The van der Waals surface area contributed by atoms with Crippen LogP contribution in [0.4, 0.5) is 0 Å². The lowest BCUT2D eigenvalue weighted by Crippen LogP contribution is -1.93. The molecule has 0 saturated carbocycles. The predicted octanol–water partition coefficient (Wildman–Crippen LogP) is 8.59. The topological polar surface area (TPSA) is 17.8 Å². The van der Waals surface area contributed by atoms with Crippen molar-refractivity contribution in [2.24, 2.45) is 0 Å². The number of hydrogen-bond donors (Lipinski definition) is 0. The molecule has 0 atom stereocenters. The summed E-state index contributed by atoms with van der Waals surface area (Å²) < 4.78 is 2.21. The van der Waals surface area contributed by atoms with E-state index in [1.165, 1.54) is 108 Å². The molecule has 0 bridgehead atoms. The van der Waals surface area contributed by atoms with Crippen molar-refractivity contribution < 1.29 is 0 Å². The van der Waals surface area contributed by atoms with Crippen molar-refractivity contribution in [2.45, 2.75) is 117 Å². The molecule has 0 radical (unpaired) electrons. The van der Waals surface area contributed by atoms with Crippen LogP contribution in [0.2, 0.25) is 0 Å². The van der Waals surface area contributed by atoms with Gasteiger partial charge in [0.1, 0.15) is 5.82 Å². The highest BCUT2D eigenvalue weighted by molar-refractivity contribution is 5.33. The maximum atomic E-state index is 4.75. The van der Waals surface area contributed by atoms with Gasteiger partial charge in [0.05, 0.1) is 5.69 Å². The first kappa shape index (κ1) is 23.7. The number of imidazole rings is 1.